The third-order valence-corrected chi connectivity index (χ3v) is 5.66. The van der Waals surface area contributed by atoms with Crippen molar-refractivity contribution in [1.82, 2.24) is 20.2 Å². The number of aromatic amines is 1. The maximum atomic E-state index is 4.51. The molecule has 0 aliphatic rings. The first-order valence-corrected chi connectivity index (χ1v) is 8.77. The van der Waals surface area contributed by atoms with E-state index >= 15 is 0 Å². The highest BCUT2D eigenvalue weighted by atomic mass is 32.2. The monoisotopic (exact) mass is 324 g/mol. The molecule has 3 heterocycles. The van der Waals surface area contributed by atoms with Crippen LogP contribution in [0.1, 0.15) is 0 Å². The summed E-state index contributed by atoms with van der Waals surface area (Å²) < 4.78 is 1.28. The number of benzene rings is 1. The Bertz CT molecular complexity index is 928. The van der Waals surface area contributed by atoms with Crippen molar-refractivity contribution >= 4 is 34.0 Å². The summed E-state index contributed by atoms with van der Waals surface area (Å²) in [7, 11) is 0. The largest absolute Gasteiger partial charge is 0.285 e. The van der Waals surface area contributed by atoms with Crippen LogP contribution in [0.3, 0.4) is 0 Å². The molecule has 108 valence electrons. The fourth-order valence-electron chi connectivity index (χ4n) is 2.40. The smallest absolute Gasteiger partial charge is 0.116 e. The van der Waals surface area contributed by atoms with Gasteiger partial charge in [-0.1, -0.05) is 6.07 Å². The van der Waals surface area contributed by atoms with Crippen LogP contribution in [0.25, 0.3) is 32.6 Å². The van der Waals surface area contributed by atoms with Gasteiger partial charge in [0.15, 0.2) is 0 Å². The summed E-state index contributed by atoms with van der Waals surface area (Å²) in [6.07, 6.45) is 7.43. The number of aromatic nitrogens is 4. The van der Waals surface area contributed by atoms with Gasteiger partial charge in [-0.15, -0.1) is 23.1 Å². The van der Waals surface area contributed by atoms with E-state index in [-0.39, 0.29) is 0 Å². The molecule has 0 bridgehead atoms. The molecule has 0 saturated heterocycles. The van der Waals surface area contributed by atoms with Gasteiger partial charge in [0, 0.05) is 17.1 Å². The first-order chi connectivity index (χ1) is 10.8. The second-order valence-corrected chi connectivity index (χ2v) is 6.95. The highest BCUT2D eigenvalue weighted by Crippen LogP contribution is 2.35. The highest BCUT2D eigenvalue weighted by Gasteiger charge is 2.10. The van der Waals surface area contributed by atoms with Crippen molar-refractivity contribution in [3.63, 3.8) is 0 Å². The van der Waals surface area contributed by atoms with Gasteiger partial charge in [0.1, 0.15) is 6.33 Å². The second kappa shape index (κ2) is 5.55. The number of hydrogen-bond donors (Lipinski definition) is 1. The summed E-state index contributed by atoms with van der Waals surface area (Å²) in [6.45, 7) is 0. The molecule has 0 spiro atoms. The maximum Gasteiger partial charge on any atom is 0.116 e. The number of hydrogen-bond acceptors (Lipinski definition) is 5. The van der Waals surface area contributed by atoms with Crippen molar-refractivity contribution in [2.45, 2.75) is 4.21 Å². The Hall–Kier alpha value is -2.18. The topological polar surface area (TPSA) is 54.5 Å². The van der Waals surface area contributed by atoms with Crippen LogP contribution in [-0.2, 0) is 0 Å². The number of nitrogens with one attached hydrogen (secondary N) is 1. The zero-order chi connectivity index (χ0) is 14.9. The van der Waals surface area contributed by atoms with Crippen molar-refractivity contribution in [3.05, 3.63) is 49.1 Å². The first kappa shape index (κ1) is 13.5. The Morgan fingerprint density at radius 3 is 2.82 bits per heavy atom. The Balaban J connectivity index is 1.92. The van der Waals surface area contributed by atoms with Crippen LogP contribution in [-0.4, -0.2) is 26.4 Å². The Kier molecular flexibility index (Phi) is 3.40. The zero-order valence-corrected chi connectivity index (χ0v) is 13.4. The minimum atomic E-state index is 0.955. The van der Waals surface area contributed by atoms with E-state index in [9.17, 15) is 0 Å². The summed E-state index contributed by atoms with van der Waals surface area (Å²) in [5, 5.41) is 7.93. The zero-order valence-electron chi connectivity index (χ0n) is 11.8. The number of thiophene rings is 1. The summed E-state index contributed by atoms with van der Waals surface area (Å²) in [4.78, 5) is 10.1. The normalized spacial score (nSPS) is 11.1. The van der Waals surface area contributed by atoms with Crippen molar-refractivity contribution in [2.24, 2.45) is 0 Å². The lowest BCUT2D eigenvalue weighted by Gasteiger charge is -2.05. The van der Waals surface area contributed by atoms with Gasteiger partial charge in [0.2, 0.25) is 0 Å². The number of fused-ring (bicyclic) bond motifs is 1. The predicted octanol–water partition coefficient (Wildman–Crippen LogP) is 4.47. The molecule has 0 saturated carbocycles. The Morgan fingerprint density at radius 2 is 2.05 bits per heavy atom. The SMILES string of the molecule is CSc1ccc(-c2ncnc3ccc(-c4cn[nH]c4)cc23)s1. The van der Waals surface area contributed by atoms with Crippen LogP contribution in [0.5, 0.6) is 0 Å². The fraction of sp³-hybridized carbons (Fsp3) is 0.0625. The predicted molar refractivity (Wildman–Crippen MR) is 92.2 cm³/mol. The van der Waals surface area contributed by atoms with Crippen LogP contribution in [0.4, 0.5) is 0 Å². The van der Waals surface area contributed by atoms with Gasteiger partial charge in [0.25, 0.3) is 0 Å². The van der Waals surface area contributed by atoms with E-state index in [2.05, 4.69) is 50.7 Å². The van der Waals surface area contributed by atoms with Gasteiger partial charge in [0.05, 0.1) is 26.5 Å². The molecule has 3 aromatic heterocycles. The van der Waals surface area contributed by atoms with Gasteiger partial charge < -0.3 is 0 Å². The number of H-pyrrole nitrogens is 1. The molecule has 0 aliphatic heterocycles. The maximum absolute atomic E-state index is 4.51. The standard InChI is InChI=1S/C16H12N4S2/c1-21-15-5-4-14(22-15)16-12-6-10(11-7-19-20-8-11)2-3-13(12)17-9-18-16/h2-9H,1H3,(H,19,20). The van der Waals surface area contributed by atoms with E-state index in [1.165, 1.54) is 9.09 Å². The fourth-order valence-corrected chi connectivity index (χ4v) is 3.95. The Morgan fingerprint density at radius 1 is 1.09 bits per heavy atom. The minimum Gasteiger partial charge on any atom is -0.285 e. The molecule has 1 aromatic carbocycles. The molecule has 6 heteroatoms. The lowest BCUT2D eigenvalue weighted by Crippen LogP contribution is -1.88. The minimum absolute atomic E-state index is 0.955. The third-order valence-electron chi connectivity index (χ3n) is 3.48. The van der Waals surface area contributed by atoms with Crippen LogP contribution in [0.15, 0.2) is 53.3 Å². The molecule has 0 radical (unpaired) electrons. The van der Waals surface area contributed by atoms with E-state index in [1.54, 1.807) is 29.4 Å². The van der Waals surface area contributed by atoms with Crippen LogP contribution in [0.2, 0.25) is 0 Å². The van der Waals surface area contributed by atoms with Gasteiger partial charge in [-0.05, 0) is 36.1 Å². The summed E-state index contributed by atoms with van der Waals surface area (Å²) in [5.74, 6) is 0. The quantitative estimate of drug-likeness (QED) is 0.565. The second-order valence-electron chi connectivity index (χ2n) is 4.76. The van der Waals surface area contributed by atoms with Crippen LogP contribution in [0, 0.1) is 0 Å². The molecule has 22 heavy (non-hydrogen) atoms. The average Bonchev–Trinajstić information content (AvgIpc) is 3.25. The molecule has 0 unspecified atom stereocenters. The van der Waals surface area contributed by atoms with Crippen molar-refractivity contribution in [1.29, 1.82) is 0 Å². The third kappa shape index (κ3) is 2.30. The lowest BCUT2D eigenvalue weighted by molar-refractivity contribution is 1.09. The van der Waals surface area contributed by atoms with E-state index in [0.29, 0.717) is 0 Å². The number of nitrogens with zero attached hydrogens (tertiary/aromatic N) is 3. The molecular weight excluding hydrogens is 312 g/mol. The summed E-state index contributed by atoms with van der Waals surface area (Å²) >= 11 is 3.51. The molecule has 4 nitrogen and oxygen atoms in total. The van der Waals surface area contributed by atoms with Gasteiger partial charge in [-0.3, -0.25) is 5.10 Å². The van der Waals surface area contributed by atoms with E-state index in [0.717, 1.165) is 27.7 Å². The molecule has 4 aromatic rings. The summed E-state index contributed by atoms with van der Waals surface area (Å²) in [5.41, 5.74) is 4.11. The molecule has 0 atom stereocenters. The number of thioether (sulfide) groups is 1. The lowest BCUT2D eigenvalue weighted by atomic mass is 10.0. The van der Waals surface area contributed by atoms with Crippen molar-refractivity contribution in [3.8, 4) is 21.7 Å². The number of rotatable bonds is 3. The van der Waals surface area contributed by atoms with Crippen molar-refractivity contribution < 1.29 is 0 Å². The molecule has 0 aliphatic carbocycles. The molecule has 4 rings (SSSR count). The first-order valence-electron chi connectivity index (χ1n) is 6.73. The Labute approximate surface area is 135 Å². The van der Waals surface area contributed by atoms with Gasteiger partial charge >= 0.3 is 0 Å². The molecule has 0 amide bonds. The highest BCUT2D eigenvalue weighted by molar-refractivity contribution is 8.00. The molecular formula is C16H12N4S2. The van der Waals surface area contributed by atoms with Crippen molar-refractivity contribution in [2.75, 3.05) is 6.26 Å². The van der Waals surface area contributed by atoms with E-state index in [1.807, 2.05) is 18.5 Å². The molecule has 0 fully saturated rings. The van der Waals surface area contributed by atoms with Gasteiger partial charge in [-0.25, -0.2) is 9.97 Å². The molecule has 1 N–H and O–H groups in total. The van der Waals surface area contributed by atoms with E-state index < -0.39 is 0 Å². The average molecular weight is 324 g/mol. The van der Waals surface area contributed by atoms with Gasteiger partial charge in [-0.2, -0.15) is 5.10 Å². The van der Waals surface area contributed by atoms with Crippen LogP contribution >= 0.6 is 23.1 Å². The van der Waals surface area contributed by atoms with Crippen LogP contribution < -0.4 is 0 Å². The van der Waals surface area contributed by atoms with E-state index in [4.69, 9.17) is 0 Å². The summed E-state index contributed by atoms with van der Waals surface area (Å²) in [6, 6.07) is 10.5.